The van der Waals surface area contributed by atoms with Gasteiger partial charge in [-0.3, -0.25) is 0 Å². The molecule has 0 saturated carbocycles. The van der Waals surface area contributed by atoms with E-state index in [1.165, 1.54) is 0 Å². The molecule has 2 N–H and O–H groups in total. The molecule has 0 fully saturated rings. The van der Waals surface area contributed by atoms with Gasteiger partial charge in [-0.15, -0.1) is 0 Å². The molecule has 0 spiro atoms. The number of halogens is 1. The molecule has 0 radical (unpaired) electrons. The molecule has 1 heterocycles. The Balaban J connectivity index is 1.91. The Morgan fingerprint density at radius 3 is 2.59 bits per heavy atom. The molecule has 27 heavy (non-hydrogen) atoms. The van der Waals surface area contributed by atoms with E-state index in [9.17, 15) is 4.79 Å². The molecule has 0 aliphatic rings. The van der Waals surface area contributed by atoms with Crippen molar-refractivity contribution in [1.82, 2.24) is 4.98 Å². The van der Waals surface area contributed by atoms with E-state index in [4.69, 9.17) is 26.8 Å². The number of carbonyl (C=O) groups excluding carboxylic acids is 1. The van der Waals surface area contributed by atoms with Gasteiger partial charge in [-0.2, -0.15) is 0 Å². The summed E-state index contributed by atoms with van der Waals surface area (Å²) >= 11 is 6.20. The largest absolute Gasteiger partial charge is 0.496 e. The smallest absolute Gasteiger partial charge is 0.358 e. The molecule has 0 atom stereocenters. The van der Waals surface area contributed by atoms with Crippen molar-refractivity contribution in [1.29, 1.82) is 0 Å². The Bertz CT molecular complexity index is 975. The number of aromatic nitrogens is 1. The van der Waals surface area contributed by atoms with Crippen molar-refractivity contribution in [2.45, 2.75) is 13.5 Å². The van der Waals surface area contributed by atoms with Gasteiger partial charge in [-0.1, -0.05) is 54.1 Å². The minimum Gasteiger partial charge on any atom is -0.496 e. The lowest BCUT2D eigenvalue weighted by Gasteiger charge is -2.11. The molecule has 138 valence electrons. The zero-order valence-corrected chi connectivity index (χ0v) is 15.8. The third-order valence-electron chi connectivity index (χ3n) is 4.10. The first-order chi connectivity index (χ1) is 13.0. The highest BCUT2D eigenvalue weighted by Crippen LogP contribution is 2.31. The molecule has 0 amide bonds. The fourth-order valence-corrected chi connectivity index (χ4v) is 2.78. The van der Waals surface area contributed by atoms with E-state index in [0.29, 0.717) is 5.69 Å². The van der Waals surface area contributed by atoms with E-state index in [1.807, 2.05) is 55.5 Å². The summed E-state index contributed by atoms with van der Waals surface area (Å²) in [5, 5.41) is 0.0795. The van der Waals surface area contributed by atoms with Crippen molar-refractivity contribution in [2.75, 3.05) is 12.8 Å². The first-order valence-corrected chi connectivity index (χ1v) is 8.69. The molecule has 0 unspecified atom stereocenters. The van der Waals surface area contributed by atoms with Gasteiger partial charge in [0.15, 0.2) is 5.69 Å². The first-order valence-electron chi connectivity index (χ1n) is 8.31. The van der Waals surface area contributed by atoms with E-state index in [0.717, 1.165) is 22.4 Å². The van der Waals surface area contributed by atoms with Gasteiger partial charge in [0.25, 0.3) is 0 Å². The van der Waals surface area contributed by atoms with Crippen LogP contribution in [-0.2, 0) is 11.3 Å². The number of benzene rings is 2. The number of ether oxygens (including phenoxy) is 2. The van der Waals surface area contributed by atoms with Crippen LogP contribution in [0.5, 0.6) is 5.75 Å². The highest BCUT2D eigenvalue weighted by Gasteiger charge is 2.19. The highest BCUT2D eigenvalue weighted by atomic mass is 35.5. The van der Waals surface area contributed by atoms with Crippen molar-refractivity contribution in [2.24, 2.45) is 0 Å². The van der Waals surface area contributed by atoms with E-state index in [-0.39, 0.29) is 23.0 Å². The number of carbonyl (C=O) groups is 1. The van der Waals surface area contributed by atoms with Gasteiger partial charge < -0.3 is 15.2 Å². The summed E-state index contributed by atoms with van der Waals surface area (Å²) in [4.78, 5) is 16.9. The Labute approximate surface area is 162 Å². The fraction of sp³-hybridized carbons (Fsp3) is 0.143. The number of nitrogens with zero attached hydrogens (tertiary/aromatic N) is 1. The number of methoxy groups -OCH3 is 1. The predicted octanol–water partition coefficient (Wildman–Crippen LogP) is 4.66. The summed E-state index contributed by atoms with van der Waals surface area (Å²) in [7, 11) is 1.60. The van der Waals surface area contributed by atoms with Gasteiger partial charge in [0.05, 0.1) is 23.5 Å². The van der Waals surface area contributed by atoms with Crippen LogP contribution in [0.2, 0.25) is 5.02 Å². The second-order valence-electron chi connectivity index (χ2n) is 6.01. The molecule has 3 aromatic rings. The van der Waals surface area contributed by atoms with Crippen molar-refractivity contribution in [3.8, 4) is 17.0 Å². The van der Waals surface area contributed by atoms with Crippen LogP contribution in [0.4, 0.5) is 5.69 Å². The number of hydrogen-bond acceptors (Lipinski definition) is 5. The topological polar surface area (TPSA) is 74.4 Å². The number of aryl methyl sites for hydroxylation is 1. The number of nitrogens with two attached hydrogens (primary N) is 1. The van der Waals surface area contributed by atoms with E-state index in [1.54, 1.807) is 13.2 Å². The first kappa shape index (κ1) is 18.7. The van der Waals surface area contributed by atoms with Crippen LogP contribution in [0.1, 0.15) is 21.6 Å². The fourth-order valence-electron chi connectivity index (χ4n) is 2.60. The highest BCUT2D eigenvalue weighted by molar-refractivity contribution is 6.35. The zero-order chi connectivity index (χ0) is 19.4. The van der Waals surface area contributed by atoms with Crippen LogP contribution in [0.3, 0.4) is 0 Å². The van der Waals surface area contributed by atoms with Crippen LogP contribution in [0.15, 0.2) is 54.6 Å². The van der Waals surface area contributed by atoms with Gasteiger partial charge in [0.1, 0.15) is 12.4 Å². The number of anilines is 1. The lowest BCUT2D eigenvalue weighted by molar-refractivity contribution is 0.0466. The summed E-state index contributed by atoms with van der Waals surface area (Å²) in [6, 6.07) is 16.6. The second kappa shape index (κ2) is 8.10. The number of pyridine rings is 1. The van der Waals surface area contributed by atoms with Crippen molar-refractivity contribution >= 4 is 23.3 Å². The Hall–Kier alpha value is -3.05. The molecular weight excluding hydrogens is 364 g/mol. The number of nitrogen functional groups attached to an aromatic ring is 1. The maximum absolute atomic E-state index is 12.5. The molecule has 3 rings (SSSR count). The molecule has 0 aliphatic carbocycles. The maximum Gasteiger partial charge on any atom is 0.358 e. The SMILES string of the molecule is COc1cc(-c2cc(N)c(Cl)c(C(=O)OCc3ccccc3)n2)ccc1C. The quantitative estimate of drug-likeness (QED) is 0.649. The maximum atomic E-state index is 12.5. The summed E-state index contributed by atoms with van der Waals surface area (Å²) in [6.07, 6.45) is 0. The van der Waals surface area contributed by atoms with Gasteiger partial charge in [-0.05, 0) is 30.2 Å². The van der Waals surface area contributed by atoms with Crippen LogP contribution < -0.4 is 10.5 Å². The normalized spacial score (nSPS) is 10.5. The van der Waals surface area contributed by atoms with Crippen LogP contribution in [0.25, 0.3) is 11.3 Å². The average molecular weight is 383 g/mol. The lowest BCUT2D eigenvalue weighted by Crippen LogP contribution is -2.10. The van der Waals surface area contributed by atoms with Gasteiger partial charge in [0.2, 0.25) is 0 Å². The molecule has 1 aromatic heterocycles. The van der Waals surface area contributed by atoms with Gasteiger partial charge in [-0.25, -0.2) is 9.78 Å². The van der Waals surface area contributed by atoms with E-state index < -0.39 is 5.97 Å². The Morgan fingerprint density at radius 1 is 1.15 bits per heavy atom. The average Bonchev–Trinajstić information content (AvgIpc) is 2.69. The van der Waals surface area contributed by atoms with Gasteiger partial charge >= 0.3 is 5.97 Å². The van der Waals surface area contributed by atoms with Gasteiger partial charge in [0, 0.05) is 5.56 Å². The lowest BCUT2D eigenvalue weighted by atomic mass is 10.1. The summed E-state index contributed by atoms with van der Waals surface area (Å²) in [5.74, 6) is 0.0903. The monoisotopic (exact) mass is 382 g/mol. The molecule has 6 heteroatoms. The second-order valence-corrected chi connectivity index (χ2v) is 6.38. The molecule has 2 aromatic carbocycles. The van der Waals surface area contributed by atoms with E-state index >= 15 is 0 Å². The summed E-state index contributed by atoms with van der Waals surface area (Å²) in [6.45, 7) is 2.07. The van der Waals surface area contributed by atoms with Crippen LogP contribution in [-0.4, -0.2) is 18.1 Å². The van der Waals surface area contributed by atoms with Crippen molar-refractivity contribution in [3.05, 3.63) is 76.4 Å². The third kappa shape index (κ3) is 4.20. The van der Waals surface area contributed by atoms with Crippen LogP contribution >= 0.6 is 11.6 Å². The van der Waals surface area contributed by atoms with Crippen molar-refractivity contribution in [3.63, 3.8) is 0 Å². The van der Waals surface area contributed by atoms with Crippen molar-refractivity contribution < 1.29 is 14.3 Å². The summed E-state index contributed by atoms with van der Waals surface area (Å²) in [5.41, 5.74) is 9.38. The molecular formula is C21H19ClN2O3. The number of hydrogen-bond donors (Lipinski definition) is 1. The predicted molar refractivity (Wildman–Crippen MR) is 106 cm³/mol. The molecule has 0 aliphatic heterocycles. The number of esters is 1. The molecule has 0 saturated heterocycles. The standard InChI is InChI=1S/C21H19ClN2O3/c1-13-8-9-15(10-18(13)26-2)17-11-16(23)19(22)20(24-17)21(25)27-12-14-6-4-3-5-7-14/h3-11H,12H2,1-2H3,(H2,23,24). The Kier molecular flexibility index (Phi) is 5.62. The minimum atomic E-state index is -0.628. The van der Waals surface area contributed by atoms with Crippen LogP contribution in [0, 0.1) is 6.92 Å². The summed E-state index contributed by atoms with van der Waals surface area (Å²) < 4.78 is 10.7. The third-order valence-corrected chi connectivity index (χ3v) is 4.49. The molecule has 5 nitrogen and oxygen atoms in total. The number of rotatable bonds is 5. The van der Waals surface area contributed by atoms with E-state index in [2.05, 4.69) is 4.98 Å². The zero-order valence-electron chi connectivity index (χ0n) is 15.0. The molecule has 0 bridgehead atoms. The Morgan fingerprint density at radius 2 is 1.89 bits per heavy atom. The minimum absolute atomic E-state index is 0.0119.